The lowest BCUT2D eigenvalue weighted by atomic mass is 10.0. The first-order valence-corrected chi connectivity index (χ1v) is 12.4. The number of carbonyl (C=O) groups excluding carboxylic acids is 3. The third-order valence-electron chi connectivity index (χ3n) is 5.23. The molecule has 202 valence electrons. The van der Waals surface area contributed by atoms with Crippen molar-refractivity contribution in [1.29, 1.82) is 0 Å². The molecule has 0 aliphatic heterocycles. The van der Waals surface area contributed by atoms with Crippen LogP contribution in [-0.4, -0.2) is 41.3 Å². The van der Waals surface area contributed by atoms with E-state index in [1.165, 1.54) is 6.08 Å². The van der Waals surface area contributed by atoms with Crippen molar-refractivity contribution in [1.82, 2.24) is 5.32 Å². The summed E-state index contributed by atoms with van der Waals surface area (Å²) < 4.78 is 16.7. The molecule has 2 rings (SSSR count). The second-order valence-corrected chi connectivity index (χ2v) is 11.1. The Kier molecular flexibility index (Phi) is 10.3. The molecule has 0 fully saturated rings. The van der Waals surface area contributed by atoms with Gasteiger partial charge in [-0.15, -0.1) is 0 Å². The number of ether oxygens (including phenoxy) is 3. The van der Waals surface area contributed by atoms with Crippen LogP contribution in [0.15, 0.2) is 42.5 Å². The molecule has 0 bridgehead atoms. The van der Waals surface area contributed by atoms with Gasteiger partial charge in [0.25, 0.3) is 0 Å². The van der Waals surface area contributed by atoms with Gasteiger partial charge in [-0.1, -0.05) is 24.3 Å². The molecule has 0 unspecified atom stereocenters. The molecular weight excluding hydrogens is 472 g/mol. The predicted molar refractivity (Wildman–Crippen MR) is 145 cm³/mol. The molecule has 0 aromatic heterocycles. The fraction of sp³-hybridized carbons (Fsp3) is 0.483. The molecule has 0 radical (unpaired) electrons. The Bertz CT molecular complexity index is 1130. The monoisotopic (exact) mass is 512 g/mol. The van der Waals surface area contributed by atoms with Gasteiger partial charge in [-0.25, -0.2) is 9.59 Å². The molecule has 8 heteroatoms. The van der Waals surface area contributed by atoms with Crippen LogP contribution < -0.4 is 11.1 Å². The van der Waals surface area contributed by atoms with Crippen molar-refractivity contribution in [3.05, 3.63) is 53.6 Å². The lowest BCUT2D eigenvalue weighted by molar-refractivity contribution is -0.148. The van der Waals surface area contributed by atoms with Crippen molar-refractivity contribution in [2.75, 3.05) is 0 Å². The first kappa shape index (κ1) is 29.8. The van der Waals surface area contributed by atoms with Crippen molar-refractivity contribution in [2.45, 2.75) is 91.3 Å². The maximum absolute atomic E-state index is 12.3. The van der Waals surface area contributed by atoms with Gasteiger partial charge in [-0.3, -0.25) is 4.79 Å². The van der Waals surface area contributed by atoms with Gasteiger partial charge >= 0.3 is 12.1 Å². The highest BCUT2D eigenvalue weighted by Gasteiger charge is 2.24. The van der Waals surface area contributed by atoms with E-state index >= 15 is 0 Å². The minimum atomic E-state index is -0.640. The van der Waals surface area contributed by atoms with Crippen molar-refractivity contribution in [3.8, 4) is 0 Å². The maximum Gasteiger partial charge on any atom is 0.407 e. The molecule has 0 aliphatic rings. The Balaban J connectivity index is 2.04. The third-order valence-corrected chi connectivity index (χ3v) is 5.23. The first-order chi connectivity index (χ1) is 17.1. The van der Waals surface area contributed by atoms with Crippen LogP contribution in [0.5, 0.6) is 0 Å². The molecule has 2 atom stereocenters. The molecule has 0 heterocycles. The number of esters is 1. The minimum Gasteiger partial charge on any atom is -0.457 e. The van der Waals surface area contributed by atoms with Crippen molar-refractivity contribution in [2.24, 2.45) is 5.73 Å². The van der Waals surface area contributed by atoms with E-state index in [2.05, 4.69) is 5.32 Å². The van der Waals surface area contributed by atoms with E-state index < -0.39 is 29.2 Å². The van der Waals surface area contributed by atoms with Crippen LogP contribution in [-0.2, 0) is 30.4 Å². The fourth-order valence-electron chi connectivity index (χ4n) is 3.53. The number of rotatable bonds is 10. The smallest absolute Gasteiger partial charge is 0.407 e. The molecule has 2 amide bonds. The summed E-state index contributed by atoms with van der Waals surface area (Å²) in [6, 6.07) is 11.5. The molecule has 0 aliphatic carbocycles. The Labute approximate surface area is 219 Å². The number of alkyl carbamates (subject to hydrolysis) is 1. The quantitative estimate of drug-likeness (QED) is 0.331. The number of hydrogen-bond donors (Lipinski definition) is 2. The number of nitrogens with one attached hydrogen (secondary N) is 1. The predicted octanol–water partition coefficient (Wildman–Crippen LogP) is 5.26. The summed E-state index contributed by atoms with van der Waals surface area (Å²) in [5.74, 6) is -0.831. The number of fused-ring (bicyclic) bond motifs is 1. The highest BCUT2D eigenvalue weighted by Crippen LogP contribution is 2.21. The maximum atomic E-state index is 12.3. The first-order valence-electron chi connectivity index (χ1n) is 12.4. The topological polar surface area (TPSA) is 117 Å². The molecule has 2 aromatic carbocycles. The molecule has 0 saturated heterocycles. The Morgan fingerprint density at radius 1 is 0.946 bits per heavy atom. The number of hydrogen-bond acceptors (Lipinski definition) is 6. The van der Waals surface area contributed by atoms with Crippen LogP contribution in [0, 0.1) is 0 Å². The van der Waals surface area contributed by atoms with Crippen LogP contribution >= 0.6 is 0 Å². The molecule has 8 nitrogen and oxygen atoms in total. The molecule has 0 saturated carbocycles. The van der Waals surface area contributed by atoms with E-state index in [1.807, 2.05) is 64.1 Å². The summed E-state index contributed by atoms with van der Waals surface area (Å²) in [5.41, 5.74) is 5.99. The van der Waals surface area contributed by atoms with E-state index in [1.54, 1.807) is 26.8 Å². The summed E-state index contributed by atoms with van der Waals surface area (Å²) in [5, 5.41) is 4.85. The van der Waals surface area contributed by atoms with Gasteiger partial charge in [0.15, 0.2) is 0 Å². The van der Waals surface area contributed by atoms with Crippen molar-refractivity contribution < 1.29 is 28.6 Å². The van der Waals surface area contributed by atoms with Crippen LogP contribution in [0.4, 0.5) is 4.79 Å². The van der Waals surface area contributed by atoms with Gasteiger partial charge in [0.05, 0.1) is 18.8 Å². The lowest BCUT2D eigenvalue weighted by Gasteiger charge is -2.27. The van der Waals surface area contributed by atoms with E-state index in [9.17, 15) is 14.4 Å². The van der Waals surface area contributed by atoms with Gasteiger partial charge in [-0.2, -0.15) is 0 Å². The van der Waals surface area contributed by atoms with Crippen LogP contribution in [0.2, 0.25) is 0 Å². The highest BCUT2D eigenvalue weighted by molar-refractivity contribution is 5.90. The summed E-state index contributed by atoms with van der Waals surface area (Å²) >= 11 is 0. The highest BCUT2D eigenvalue weighted by atomic mass is 16.6. The molecule has 37 heavy (non-hydrogen) atoms. The third kappa shape index (κ3) is 11.5. The lowest BCUT2D eigenvalue weighted by Crippen LogP contribution is -2.45. The second-order valence-electron chi connectivity index (χ2n) is 11.1. The van der Waals surface area contributed by atoms with E-state index in [-0.39, 0.29) is 18.5 Å². The van der Waals surface area contributed by atoms with E-state index in [0.717, 1.165) is 21.9 Å². The van der Waals surface area contributed by atoms with Crippen LogP contribution in [0.1, 0.15) is 72.4 Å². The fourth-order valence-corrected chi connectivity index (χ4v) is 3.53. The van der Waals surface area contributed by atoms with Crippen molar-refractivity contribution in [3.63, 3.8) is 0 Å². The van der Waals surface area contributed by atoms with Gasteiger partial charge in [0, 0.05) is 12.5 Å². The summed E-state index contributed by atoms with van der Waals surface area (Å²) in [4.78, 5) is 35.5. The normalized spacial score (nSPS) is 13.8. The largest absolute Gasteiger partial charge is 0.457 e. The Morgan fingerprint density at radius 3 is 2.19 bits per heavy atom. The molecular formula is C29H40N2O6. The average Bonchev–Trinajstić information content (AvgIpc) is 2.76. The number of amides is 2. The summed E-state index contributed by atoms with van der Waals surface area (Å²) in [7, 11) is 0. The zero-order valence-electron chi connectivity index (χ0n) is 22.9. The summed E-state index contributed by atoms with van der Waals surface area (Å²) in [6.45, 7) is 13.0. The number of primary amides is 1. The SMILES string of the molecule is C[C@@H](OCc1ccc2cc(/C=C/C(=O)OC(C)(C)C)ccc2c1)[C@H](CCC(N)=O)NC(=O)OC(C)(C)C. The Morgan fingerprint density at radius 2 is 1.57 bits per heavy atom. The van der Waals surface area contributed by atoms with E-state index in [0.29, 0.717) is 13.0 Å². The van der Waals surface area contributed by atoms with Gasteiger partial charge in [0.2, 0.25) is 5.91 Å². The van der Waals surface area contributed by atoms with Gasteiger partial charge < -0.3 is 25.3 Å². The molecule has 2 aromatic rings. The van der Waals surface area contributed by atoms with Crippen molar-refractivity contribution >= 4 is 34.8 Å². The van der Waals surface area contributed by atoms with Gasteiger partial charge in [0.1, 0.15) is 11.2 Å². The minimum absolute atomic E-state index is 0.120. The van der Waals surface area contributed by atoms with Crippen LogP contribution in [0.25, 0.3) is 16.8 Å². The van der Waals surface area contributed by atoms with Gasteiger partial charge in [-0.05, 0) is 95.0 Å². The second kappa shape index (κ2) is 12.7. The standard InChI is InChI=1S/C29H40N2O6/c1-19(24(13-14-25(30)32)31-27(34)37-29(5,6)7)35-18-21-9-12-22-16-20(8-11-23(22)17-21)10-15-26(33)36-28(2,3)4/h8-12,15-17,19,24H,13-14,18H2,1-7H3,(H2,30,32)(H,31,34)/b15-10+/t19-,24+/m1/s1. The number of nitrogens with two attached hydrogens (primary N) is 1. The summed E-state index contributed by atoms with van der Waals surface area (Å²) in [6.07, 6.45) is 2.66. The zero-order chi connectivity index (χ0) is 27.8. The van der Waals surface area contributed by atoms with Crippen LogP contribution in [0.3, 0.4) is 0 Å². The molecule has 3 N–H and O–H groups in total. The number of carbonyl (C=O) groups is 3. The zero-order valence-corrected chi connectivity index (χ0v) is 22.9. The molecule has 0 spiro atoms. The average molecular weight is 513 g/mol. The number of benzene rings is 2. The Hall–Kier alpha value is -3.39. The van der Waals surface area contributed by atoms with E-state index in [4.69, 9.17) is 19.9 Å².